The molecule has 0 spiro atoms. The van der Waals surface area contributed by atoms with Crippen molar-refractivity contribution in [3.63, 3.8) is 0 Å². The number of hydrogen-bond donors (Lipinski definition) is 0. The van der Waals surface area contributed by atoms with E-state index >= 15 is 0 Å². The minimum Gasteiger partial charge on any atom is -0.444 e. The molecule has 29 heavy (non-hydrogen) atoms. The molecule has 1 atom stereocenters. The Morgan fingerprint density at radius 3 is 2.76 bits per heavy atom. The predicted molar refractivity (Wildman–Crippen MR) is 110 cm³/mol. The molecular weight excluding hydrogens is 467 g/mol. The van der Waals surface area contributed by atoms with Crippen molar-refractivity contribution in [2.24, 2.45) is 0 Å². The van der Waals surface area contributed by atoms with Gasteiger partial charge in [0.2, 0.25) is 0 Å². The van der Waals surface area contributed by atoms with Gasteiger partial charge in [-0.1, -0.05) is 11.6 Å². The number of piperazine rings is 1. The van der Waals surface area contributed by atoms with Gasteiger partial charge < -0.3 is 14.5 Å². The second kappa shape index (κ2) is 7.12. The molecule has 3 heterocycles. The van der Waals surface area contributed by atoms with Crippen molar-refractivity contribution in [2.45, 2.75) is 45.4 Å². The van der Waals surface area contributed by atoms with Crippen molar-refractivity contribution in [2.75, 3.05) is 19.6 Å². The Morgan fingerprint density at radius 2 is 2.07 bits per heavy atom. The molecule has 2 aliphatic rings. The number of aromatic nitrogens is 2. The average molecular weight is 488 g/mol. The zero-order valence-electron chi connectivity index (χ0n) is 16.3. The largest absolute Gasteiger partial charge is 0.444 e. The standard InChI is InChI=1S/C19H21BrClFN4O3/c1-19(2,3)29-18(28)24-6-7-25-10(9-24)4-5-26-15-11(17(25)27)8-12(22)14(20)13(15)16(21)23-26/h8,10H,4-7,9H2,1-3H3/t10-/m0/s1. The quantitative estimate of drug-likeness (QED) is 0.562. The van der Waals surface area contributed by atoms with Crippen molar-refractivity contribution in [3.05, 3.63) is 27.1 Å². The van der Waals surface area contributed by atoms with Gasteiger partial charge in [0.15, 0.2) is 5.15 Å². The summed E-state index contributed by atoms with van der Waals surface area (Å²) in [7, 11) is 0. The highest BCUT2D eigenvalue weighted by Crippen LogP contribution is 2.37. The van der Waals surface area contributed by atoms with E-state index in [2.05, 4.69) is 21.0 Å². The van der Waals surface area contributed by atoms with Crippen LogP contribution in [0.5, 0.6) is 0 Å². The second-order valence-electron chi connectivity index (χ2n) is 8.32. The van der Waals surface area contributed by atoms with Crippen molar-refractivity contribution in [1.82, 2.24) is 19.6 Å². The highest BCUT2D eigenvalue weighted by atomic mass is 79.9. The van der Waals surface area contributed by atoms with Gasteiger partial charge >= 0.3 is 6.09 Å². The molecular formula is C19H21BrClFN4O3. The fourth-order valence-electron chi connectivity index (χ4n) is 3.89. The number of ether oxygens (including phenoxy) is 1. The number of nitrogens with zero attached hydrogens (tertiary/aromatic N) is 4. The van der Waals surface area contributed by atoms with Crippen LogP contribution in [0.1, 0.15) is 37.6 Å². The van der Waals surface area contributed by atoms with Gasteiger partial charge in [-0.3, -0.25) is 9.48 Å². The van der Waals surface area contributed by atoms with Gasteiger partial charge in [0.25, 0.3) is 5.91 Å². The summed E-state index contributed by atoms with van der Waals surface area (Å²) in [6.07, 6.45) is 0.193. The molecule has 1 fully saturated rings. The first-order chi connectivity index (χ1) is 13.6. The maximum absolute atomic E-state index is 14.5. The summed E-state index contributed by atoms with van der Waals surface area (Å²) >= 11 is 9.46. The third-order valence-electron chi connectivity index (χ3n) is 5.16. The molecule has 1 aromatic carbocycles. The summed E-state index contributed by atoms with van der Waals surface area (Å²) < 4.78 is 21.8. The number of rotatable bonds is 0. The molecule has 2 aromatic rings. The fourth-order valence-corrected chi connectivity index (χ4v) is 4.77. The Hall–Kier alpha value is -1.87. The van der Waals surface area contributed by atoms with E-state index in [1.54, 1.807) is 14.5 Å². The zero-order chi connectivity index (χ0) is 21.1. The lowest BCUT2D eigenvalue weighted by Gasteiger charge is -2.42. The third kappa shape index (κ3) is 3.59. The van der Waals surface area contributed by atoms with Gasteiger partial charge in [-0.25, -0.2) is 9.18 Å². The van der Waals surface area contributed by atoms with E-state index in [9.17, 15) is 14.0 Å². The Kier molecular flexibility index (Phi) is 5.01. The Bertz CT molecular complexity index is 1020. The van der Waals surface area contributed by atoms with Crippen LogP contribution < -0.4 is 0 Å². The summed E-state index contributed by atoms with van der Waals surface area (Å²) in [4.78, 5) is 29.1. The van der Waals surface area contributed by atoms with E-state index in [1.807, 2.05) is 20.8 Å². The van der Waals surface area contributed by atoms with Crippen LogP contribution >= 0.6 is 27.5 Å². The molecule has 0 aliphatic carbocycles. The summed E-state index contributed by atoms with van der Waals surface area (Å²) in [5, 5.41) is 4.86. The number of halogens is 3. The molecule has 1 aromatic heterocycles. The minimum atomic E-state index is -0.591. The molecule has 2 aliphatic heterocycles. The summed E-state index contributed by atoms with van der Waals surface area (Å²) in [6, 6.07) is 1.01. The lowest BCUT2D eigenvalue weighted by Crippen LogP contribution is -2.57. The monoisotopic (exact) mass is 486 g/mol. The van der Waals surface area contributed by atoms with Gasteiger partial charge in [-0.15, -0.1) is 0 Å². The number of hydrogen-bond acceptors (Lipinski definition) is 4. The van der Waals surface area contributed by atoms with Gasteiger partial charge in [-0.05, 0) is 49.2 Å². The van der Waals surface area contributed by atoms with Gasteiger partial charge in [0.05, 0.1) is 27.0 Å². The number of carbonyl (C=O) groups excluding carboxylic acids is 2. The lowest BCUT2D eigenvalue weighted by molar-refractivity contribution is 0.00275. The van der Waals surface area contributed by atoms with Crippen molar-refractivity contribution in [3.8, 4) is 0 Å². The average Bonchev–Trinajstić information content (AvgIpc) is 2.96. The maximum atomic E-state index is 14.5. The molecule has 0 unspecified atom stereocenters. The Labute approximate surface area is 180 Å². The number of amides is 2. The van der Waals surface area contributed by atoms with E-state index in [0.29, 0.717) is 43.5 Å². The molecule has 0 saturated carbocycles. The number of carbonyl (C=O) groups is 2. The first-order valence-electron chi connectivity index (χ1n) is 9.39. The van der Waals surface area contributed by atoms with E-state index in [0.717, 1.165) is 0 Å². The van der Waals surface area contributed by atoms with Gasteiger partial charge in [-0.2, -0.15) is 5.10 Å². The lowest BCUT2D eigenvalue weighted by atomic mass is 10.0. The predicted octanol–water partition coefficient (Wildman–Crippen LogP) is 4.06. The van der Waals surface area contributed by atoms with Crippen molar-refractivity contribution >= 4 is 50.4 Å². The first-order valence-corrected chi connectivity index (χ1v) is 10.6. The van der Waals surface area contributed by atoms with Crippen LogP contribution in [0.3, 0.4) is 0 Å². The number of benzene rings is 1. The number of fused-ring (bicyclic) bond motifs is 1. The zero-order valence-corrected chi connectivity index (χ0v) is 18.7. The topological polar surface area (TPSA) is 67.7 Å². The fraction of sp³-hybridized carbons (Fsp3) is 0.526. The molecule has 0 N–H and O–H groups in total. The minimum absolute atomic E-state index is 0.149. The molecule has 2 amide bonds. The normalized spacial score (nSPS) is 19.8. The van der Waals surface area contributed by atoms with Crippen LogP contribution in [-0.4, -0.2) is 62.9 Å². The third-order valence-corrected chi connectivity index (χ3v) is 6.20. The number of aryl methyl sites for hydroxylation is 1. The summed E-state index contributed by atoms with van der Waals surface area (Å²) in [5.41, 5.74) is 0.170. The second-order valence-corrected chi connectivity index (χ2v) is 9.48. The van der Waals surface area contributed by atoms with Gasteiger partial charge in [0, 0.05) is 26.2 Å². The van der Waals surface area contributed by atoms with Crippen molar-refractivity contribution in [1.29, 1.82) is 0 Å². The molecule has 10 heteroatoms. The van der Waals surface area contributed by atoms with E-state index in [1.165, 1.54) is 6.07 Å². The van der Waals surface area contributed by atoms with Crippen LogP contribution in [0, 0.1) is 5.82 Å². The smallest absolute Gasteiger partial charge is 0.410 e. The van der Waals surface area contributed by atoms with Gasteiger partial charge in [0.1, 0.15) is 11.4 Å². The first kappa shape index (κ1) is 20.4. The van der Waals surface area contributed by atoms with E-state index < -0.39 is 17.5 Å². The molecule has 0 radical (unpaired) electrons. The van der Waals surface area contributed by atoms with Crippen LogP contribution in [-0.2, 0) is 11.3 Å². The Balaban J connectivity index is 1.68. The SMILES string of the molecule is CC(C)(C)OC(=O)N1CCN2C(=O)c3cc(F)c(Br)c4c(Cl)nn(c34)CC[C@H]2C1. The molecule has 4 rings (SSSR count). The molecule has 1 saturated heterocycles. The van der Waals surface area contributed by atoms with Crippen LogP contribution in [0.4, 0.5) is 9.18 Å². The summed E-state index contributed by atoms with van der Waals surface area (Å²) in [5.74, 6) is -0.848. The molecule has 156 valence electrons. The summed E-state index contributed by atoms with van der Waals surface area (Å²) in [6.45, 7) is 7.01. The maximum Gasteiger partial charge on any atom is 0.410 e. The highest BCUT2D eigenvalue weighted by molar-refractivity contribution is 9.10. The van der Waals surface area contributed by atoms with E-state index in [4.69, 9.17) is 16.3 Å². The van der Waals surface area contributed by atoms with Crippen LogP contribution in [0.15, 0.2) is 10.5 Å². The highest BCUT2D eigenvalue weighted by Gasteiger charge is 2.37. The Morgan fingerprint density at radius 1 is 1.34 bits per heavy atom. The molecule has 7 nitrogen and oxygen atoms in total. The van der Waals surface area contributed by atoms with Crippen LogP contribution in [0.2, 0.25) is 5.15 Å². The van der Waals surface area contributed by atoms with Crippen LogP contribution in [0.25, 0.3) is 10.9 Å². The van der Waals surface area contributed by atoms with Crippen molar-refractivity contribution < 1.29 is 18.7 Å². The molecule has 0 bridgehead atoms. The van der Waals surface area contributed by atoms with E-state index in [-0.39, 0.29) is 27.1 Å².